The molecule has 0 radical (unpaired) electrons. The Labute approximate surface area is 233 Å². The Morgan fingerprint density at radius 3 is 2.38 bits per heavy atom. The predicted molar refractivity (Wildman–Crippen MR) is 154 cm³/mol. The number of fused-ring (bicyclic) bond motifs is 6. The second kappa shape index (κ2) is 9.08. The molecule has 1 amide bonds. The Balaban J connectivity index is 1.67. The average molecular weight is 537 g/mol. The number of anilines is 2. The minimum atomic E-state index is -1.34. The summed E-state index contributed by atoms with van der Waals surface area (Å²) in [6.45, 7) is 5.58. The van der Waals surface area contributed by atoms with Crippen molar-refractivity contribution in [3.63, 3.8) is 0 Å². The molecule has 3 aliphatic rings. The maximum Gasteiger partial charge on any atom is 0.238 e. The molecule has 0 aliphatic carbocycles. The molecule has 7 heteroatoms. The van der Waals surface area contributed by atoms with Gasteiger partial charge in [-0.2, -0.15) is 0 Å². The van der Waals surface area contributed by atoms with Gasteiger partial charge in [0.05, 0.1) is 26.2 Å². The Hall–Kier alpha value is -4.39. The third kappa shape index (κ3) is 3.53. The number of para-hydroxylation sites is 1. The second-order valence-electron chi connectivity index (χ2n) is 11.6. The van der Waals surface area contributed by atoms with Crippen molar-refractivity contribution in [3.8, 4) is 11.5 Å². The highest BCUT2D eigenvalue weighted by Crippen LogP contribution is 2.58. The maximum atomic E-state index is 14.8. The summed E-state index contributed by atoms with van der Waals surface area (Å²) < 4.78 is 10.9. The van der Waals surface area contributed by atoms with E-state index in [1.807, 2.05) is 80.3 Å². The van der Waals surface area contributed by atoms with Crippen LogP contribution in [-0.4, -0.2) is 43.8 Å². The number of methoxy groups -OCH3 is 2. The van der Waals surface area contributed by atoms with Crippen molar-refractivity contribution >= 4 is 34.9 Å². The lowest BCUT2D eigenvalue weighted by molar-refractivity contribution is -0.128. The summed E-state index contributed by atoms with van der Waals surface area (Å²) in [6, 6.07) is 18.6. The van der Waals surface area contributed by atoms with Gasteiger partial charge in [-0.3, -0.25) is 14.4 Å². The summed E-state index contributed by atoms with van der Waals surface area (Å²) in [5, 5.41) is 3.05. The summed E-state index contributed by atoms with van der Waals surface area (Å²) in [4.78, 5) is 45.6. The van der Waals surface area contributed by atoms with Gasteiger partial charge in [-0.25, -0.2) is 0 Å². The van der Waals surface area contributed by atoms with Crippen LogP contribution in [0.3, 0.4) is 0 Å². The third-order valence-corrected chi connectivity index (χ3v) is 8.48. The van der Waals surface area contributed by atoms with Crippen LogP contribution in [0.5, 0.6) is 11.5 Å². The van der Waals surface area contributed by atoms with E-state index in [4.69, 9.17) is 9.47 Å². The van der Waals surface area contributed by atoms with Gasteiger partial charge in [-0.05, 0) is 42.0 Å². The molecule has 40 heavy (non-hydrogen) atoms. The van der Waals surface area contributed by atoms with Crippen LogP contribution in [0.4, 0.5) is 11.4 Å². The molecule has 0 saturated carbocycles. The van der Waals surface area contributed by atoms with Gasteiger partial charge in [-0.15, -0.1) is 0 Å². The molecule has 0 aromatic heterocycles. The topological polar surface area (TPSA) is 84.9 Å². The molecule has 1 N–H and O–H groups in total. The second-order valence-corrected chi connectivity index (χ2v) is 11.6. The predicted octanol–water partition coefficient (Wildman–Crippen LogP) is 5.29. The van der Waals surface area contributed by atoms with Gasteiger partial charge in [0.15, 0.2) is 11.6 Å². The molecule has 3 heterocycles. The normalized spacial score (nSPS) is 24.3. The lowest BCUT2D eigenvalue weighted by atomic mass is 9.63. The van der Waals surface area contributed by atoms with Crippen LogP contribution in [0, 0.1) is 11.3 Å². The standard InChI is InChI=1S/C33H32N2O5/c1-32(2,3)30(37)28-27(29(36)20-9-8-10-21(18-20)39-4)33(23-11-6-7-12-24(23)34-31(33)38)26-16-13-19-17-22(40-5)14-15-25(19)35(26)28/h6-18,26-28H,1-5H3,(H,34,38)/t26-,27-,28-,33-/m1/s1. The number of nitrogens with zero attached hydrogens (tertiary/aromatic N) is 1. The fraction of sp³-hybridized carbons (Fsp3) is 0.303. The number of carbonyl (C=O) groups excluding carboxylic acids is 3. The van der Waals surface area contributed by atoms with Gasteiger partial charge in [0, 0.05) is 27.9 Å². The van der Waals surface area contributed by atoms with Crippen molar-refractivity contribution in [2.45, 2.75) is 38.3 Å². The first-order valence-corrected chi connectivity index (χ1v) is 13.4. The van der Waals surface area contributed by atoms with Gasteiger partial charge in [-0.1, -0.05) is 63.3 Å². The number of nitrogens with one attached hydrogen (secondary N) is 1. The first-order valence-electron chi connectivity index (χ1n) is 13.4. The zero-order valence-corrected chi connectivity index (χ0v) is 23.2. The van der Waals surface area contributed by atoms with Gasteiger partial charge in [0.25, 0.3) is 0 Å². The molecule has 1 spiro atoms. The smallest absolute Gasteiger partial charge is 0.238 e. The van der Waals surface area contributed by atoms with Gasteiger partial charge in [0.2, 0.25) is 5.91 Å². The van der Waals surface area contributed by atoms with Crippen LogP contribution in [0.15, 0.2) is 72.8 Å². The minimum absolute atomic E-state index is 0.107. The Morgan fingerprint density at radius 1 is 0.925 bits per heavy atom. The molecule has 3 aromatic carbocycles. The number of hydrogen-bond donors (Lipinski definition) is 1. The van der Waals surface area contributed by atoms with E-state index in [0.717, 1.165) is 16.8 Å². The number of ketones is 2. The molecule has 204 valence electrons. The third-order valence-electron chi connectivity index (χ3n) is 8.48. The zero-order valence-electron chi connectivity index (χ0n) is 23.2. The number of hydrogen-bond acceptors (Lipinski definition) is 6. The Morgan fingerprint density at radius 2 is 1.65 bits per heavy atom. The molecule has 0 bridgehead atoms. The minimum Gasteiger partial charge on any atom is -0.497 e. The van der Waals surface area contributed by atoms with Crippen LogP contribution in [0.25, 0.3) is 6.08 Å². The summed E-state index contributed by atoms with van der Waals surface area (Å²) in [5.74, 6) is -0.449. The molecule has 1 fully saturated rings. The van der Waals surface area contributed by atoms with Crippen LogP contribution >= 0.6 is 0 Å². The number of amides is 1. The van der Waals surface area contributed by atoms with Crippen LogP contribution in [0.1, 0.15) is 42.3 Å². The summed E-state index contributed by atoms with van der Waals surface area (Å²) >= 11 is 0. The van der Waals surface area contributed by atoms with Crippen molar-refractivity contribution in [2.75, 3.05) is 24.4 Å². The molecule has 0 unspecified atom stereocenters. The van der Waals surface area contributed by atoms with Crippen LogP contribution in [0.2, 0.25) is 0 Å². The van der Waals surface area contributed by atoms with Crippen molar-refractivity contribution in [3.05, 3.63) is 89.5 Å². The summed E-state index contributed by atoms with van der Waals surface area (Å²) in [5.41, 5.74) is 1.31. The highest BCUT2D eigenvalue weighted by Gasteiger charge is 2.70. The van der Waals surface area contributed by atoms with E-state index in [-0.39, 0.29) is 17.5 Å². The van der Waals surface area contributed by atoms with Crippen molar-refractivity contribution in [1.29, 1.82) is 0 Å². The lowest BCUT2D eigenvalue weighted by Crippen LogP contribution is -2.51. The number of ether oxygens (including phenoxy) is 2. The first kappa shape index (κ1) is 25.9. The van der Waals surface area contributed by atoms with Crippen molar-refractivity contribution in [2.24, 2.45) is 11.3 Å². The number of rotatable bonds is 5. The fourth-order valence-electron chi connectivity index (χ4n) is 6.68. The van der Waals surface area contributed by atoms with Crippen LogP contribution in [-0.2, 0) is 15.0 Å². The van der Waals surface area contributed by atoms with E-state index in [9.17, 15) is 14.4 Å². The molecule has 1 saturated heterocycles. The number of benzene rings is 3. The zero-order chi connectivity index (χ0) is 28.4. The number of Topliss-reactive ketones (excluding diaryl/α,β-unsaturated/α-hetero) is 2. The van der Waals surface area contributed by atoms with E-state index in [2.05, 4.69) is 5.32 Å². The van der Waals surface area contributed by atoms with Gasteiger partial charge < -0.3 is 19.7 Å². The van der Waals surface area contributed by atoms with E-state index in [0.29, 0.717) is 22.7 Å². The van der Waals surface area contributed by atoms with Gasteiger partial charge in [0.1, 0.15) is 23.0 Å². The van der Waals surface area contributed by atoms with E-state index < -0.39 is 28.8 Å². The number of carbonyl (C=O) groups is 3. The molecule has 6 rings (SSSR count). The Bertz CT molecular complexity index is 1590. The van der Waals surface area contributed by atoms with Crippen molar-refractivity contribution in [1.82, 2.24) is 0 Å². The SMILES string of the molecule is COc1cccc(C(=O)[C@H]2[C@H](C(=O)C(C)(C)C)N3c4ccc(OC)cc4C=C[C@@H]3[C@@]23C(=O)Nc2ccccc23)c1. The fourth-order valence-corrected chi connectivity index (χ4v) is 6.68. The van der Waals surface area contributed by atoms with Crippen LogP contribution < -0.4 is 19.7 Å². The molecule has 3 aliphatic heterocycles. The van der Waals surface area contributed by atoms with E-state index >= 15 is 0 Å². The largest absolute Gasteiger partial charge is 0.497 e. The molecular weight excluding hydrogens is 504 g/mol. The van der Waals surface area contributed by atoms with Gasteiger partial charge >= 0.3 is 0 Å². The summed E-state index contributed by atoms with van der Waals surface area (Å²) in [6.07, 6.45) is 3.93. The molecular formula is C33H32N2O5. The summed E-state index contributed by atoms with van der Waals surface area (Å²) in [7, 11) is 3.15. The van der Waals surface area contributed by atoms with E-state index in [1.165, 1.54) is 0 Å². The quantitative estimate of drug-likeness (QED) is 0.446. The molecule has 4 atom stereocenters. The molecule has 7 nitrogen and oxygen atoms in total. The van der Waals surface area contributed by atoms with E-state index in [1.54, 1.807) is 38.5 Å². The first-order chi connectivity index (χ1) is 19.1. The highest BCUT2D eigenvalue weighted by molar-refractivity contribution is 6.17. The average Bonchev–Trinajstić information content (AvgIpc) is 3.43. The highest BCUT2D eigenvalue weighted by atomic mass is 16.5. The lowest BCUT2D eigenvalue weighted by Gasteiger charge is -2.38. The molecule has 3 aromatic rings. The Kier molecular flexibility index (Phi) is 5.87. The maximum absolute atomic E-state index is 14.8. The van der Waals surface area contributed by atoms with Crippen molar-refractivity contribution < 1.29 is 23.9 Å². The monoisotopic (exact) mass is 536 g/mol.